The van der Waals surface area contributed by atoms with E-state index in [9.17, 15) is 9.90 Å². The van der Waals surface area contributed by atoms with Gasteiger partial charge in [0.05, 0.1) is 5.69 Å². The number of nitrogens with zero attached hydrogens (tertiary/aromatic N) is 2. The summed E-state index contributed by atoms with van der Waals surface area (Å²) in [7, 11) is 1.75. The van der Waals surface area contributed by atoms with Gasteiger partial charge in [0, 0.05) is 12.7 Å². The zero-order chi connectivity index (χ0) is 14.9. The van der Waals surface area contributed by atoms with Gasteiger partial charge in [-0.15, -0.1) is 0 Å². The van der Waals surface area contributed by atoms with E-state index < -0.39 is 0 Å². The lowest BCUT2D eigenvalue weighted by Crippen LogP contribution is -2.16. The van der Waals surface area contributed by atoms with Crippen molar-refractivity contribution in [3.05, 3.63) is 40.7 Å². The SMILES string of the molecule is CCc1cc(C(=O)Nc2cc(C)c(O)cc2C)n(C)n1. The Balaban J connectivity index is 2.27. The van der Waals surface area contributed by atoms with Crippen LogP contribution in [0.3, 0.4) is 0 Å². The van der Waals surface area contributed by atoms with E-state index in [1.54, 1.807) is 36.9 Å². The number of benzene rings is 1. The average Bonchev–Trinajstić information content (AvgIpc) is 2.77. The van der Waals surface area contributed by atoms with Gasteiger partial charge in [-0.3, -0.25) is 9.48 Å². The fourth-order valence-electron chi connectivity index (χ4n) is 2.03. The van der Waals surface area contributed by atoms with Gasteiger partial charge in [-0.25, -0.2) is 0 Å². The minimum atomic E-state index is -0.201. The predicted molar refractivity (Wildman–Crippen MR) is 78.1 cm³/mol. The molecule has 0 aliphatic rings. The van der Waals surface area contributed by atoms with Gasteiger partial charge >= 0.3 is 0 Å². The van der Waals surface area contributed by atoms with E-state index in [2.05, 4.69) is 10.4 Å². The molecule has 5 heteroatoms. The summed E-state index contributed by atoms with van der Waals surface area (Å²) in [6, 6.07) is 5.20. The van der Waals surface area contributed by atoms with E-state index in [0.717, 1.165) is 23.2 Å². The molecule has 0 bridgehead atoms. The number of anilines is 1. The minimum absolute atomic E-state index is 0.201. The first-order valence-corrected chi connectivity index (χ1v) is 6.56. The second kappa shape index (κ2) is 5.36. The van der Waals surface area contributed by atoms with Crippen molar-refractivity contribution in [1.29, 1.82) is 0 Å². The Labute approximate surface area is 118 Å². The van der Waals surface area contributed by atoms with Crippen LogP contribution in [0.1, 0.15) is 34.2 Å². The van der Waals surface area contributed by atoms with Gasteiger partial charge < -0.3 is 10.4 Å². The van der Waals surface area contributed by atoms with Gasteiger partial charge in [0.15, 0.2) is 0 Å². The molecule has 0 aliphatic heterocycles. The van der Waals surface area contributed by atoms with Gasteiger partial charge in [-0.2, -0.15) is 5.10 Å². The summed E-state index contributed by atoms with van der Waals surface area (Å²) < 4.78 is 1.58. The van der Waals surface area contributed by atoms with Crippen molar-refractivity contribution in [2.75, 3.05) is 5.32 Å². The minimum Gasteiger partial charge on any atom is -0.508 e. The first-order chi connectivity index (χ1) is 9.42. The Bertz CT molecular complexity index is 659. The molecule has 106 valence electrons. The molecule has 0 atom stereocenters. The molecule has 1 aromatic carbocycles. The Morgan fingerprint density at radius 3 is 2.60 bits per heavy atom. The van der Waals surface area contributed by atoms with Crippen molar-refractivity contribution < 1.29 is 9.90 Å². The van der Waals surface area contributed by atoms with Crippen molar-refractivity contribution in [1.82, 2.24) is 9.78 Å². The molecular formula is C15H19N3O2. The van der Waals surface area contributed by atoms with Crippen LogP contribution >= 0.6 is 0 Å². The smallest absolute Gasteiger partial charge is 0.273 e. The molecule has 1 heterocycles. The molecule has 1 aromatic heterocycles. The zero-order valence-corrected chi connectivity index (χ0v) is 12.2. The number of carbonyl (C=O) groups excluding carboxylic acids is 1. The summed E-state index contributed by atoms with van der Waals surface area (Å²) in [5.74, 6) is 0.0298. The number of nitrogens with one attached hydrogen (secondary N) is 1. The molecule has 0 aliphatic carbocycles. The molecule has 0 fully saturated rings. The number of rotatable bonds is 3. The molecule has 0 unspecified atom stereocenters. The van der Waals surface area contributed by atoms with Crippen LogP contribution < -0.4 is 5.32 Å². The van der Waals surface area contributed by atoms with E-state index in [0.29, 0.717) is 11.4 Å². The van der Waals surface area contributed by atoms with E-state index >= 15 is 0 Å². The van der Waals surface area contributed by atoms with E-state index in [-0.39, 0.29) is 11.7 Å². The highest BCUT2D eigenvalue weighted by Gasteiger charge is 2.14. The van der Waals surface area contributed by atoms with Gasteiger partial charge in [-0.1, -0.05) is 6.92 Å². The van der Waals surface area contributed by atoms with Gasteiger partial charge in [0.1, 0.15) is 11.4 Å². The van der Waals surface area contributed by atoms with Crippen molar-refractivity contribution in [2.45, 2.75) is 27.2 Å². The highest BCUT2D eigenvalue weighted by Crippen LogP contribution is 2.25. The number of amides is 1. The number of aromatic hydroxyl groups is 1. The quantitative estimate of drug-likeness (QED) is 0.845. The van der Waals surface area contributed by atoms with E-state index in [1.807, 2.05) is 13.8 Å². The highest BCUT2D eigenvalue weighted by molar-refractivity contribution is 6.03. The summed E-state index contributed by atoms with van der Waals surface area (Å²) in [5.41, 5.74) is 3.65. The van der Waals surface area contributed by atoms with Crippen LogP contribution in [0.15, 0.2) is 18.2 Å². The molecular weight excluding hydrogens is 254 g/mol. The van der Waals surface area contributed by atoms with Crippen molar-refractivity contribution in [3.8, 4) is 5.75 Å². The molecule has 0 spiro atoms. The molecule has 2 aromatic rings. The number of aryl methyl sites for hydroxylation is 4. The normalized spacial score (nSPS) is 10.6. The van der Waals surface area contributed by atoms with Crippen LogP contribution in [0.5, 0.6) is 5.75 Å². The van der Waals surface area contributed by atoms with Crippen LogP contribution in [-0.4, -0.2) is 20.8 Å². The number of carbonyl (C=O) groups is 1. The van der Waals surface area contributed by atoms with Gasteiger partial charge in [0.2, 0.25) is 0 Å². The Morgan fingerprint density at radius 1 is 1.30 bits per heavy atom. The fourth-order valence-corrected chi connectivity index (χ4v) is 2.03. The number of hydrogen-bond donors (Lipinski definition) is 2. The third-order valence-electron chi connectivity index (χ3n) is 3.32. The Kier molecular flexibility index (Phi) is 3.79. The monoisotopic (exact) mass is 273 g/mol. The number of aromatic nitrogens is 2. The van der Waals surface area contributed by atoms with Crippen LogP contribution in [0.25, 0.3) is 0 Å². The maximum Gasteiger partial charge on any atom is 0.273 e. The first-order valence-electron chi connectivity index (χ1n) is 6.56. The summed E-state index contributed by atoms with van der Waals surface area (Å²) in [5, 5.41) is 16.8. The predicted octanol–water partition coefficient (Wildman–Crippen LogP) is 2.56. The summed E-state index contributed by atoms with van der Waals surface area (Å²) in [4.78, 5) is 12.3. The highest BCUT2D eigenvalue weighted by atomic mass is 16.3. The topological polar surface area (TPSA) is 67.2 Å². The Hall–Kier alpha value is -2.30. The van der Waals surface area contributed by atoms with Crippen LogP contribution in [0.4, 0.5) is 5.69 Å². The third-order valence-corrected chi connectivity index (χ3v) is 3.32. The maximum atomic E-state index is 12.3. The maximum absolute atomic E-state index is 12.3. The van der Waals surface area contributed by atoms with Crippen molar-refractivity contribution >= 4 is 11.6 Å². The van der Waals surface area contributed by atoms with Crippen LogP contribution in [0.2, 0.25) is 0 Å². The first kappa shape index (κ1) is 14.1. The molecule has 0 radical (unpaired) electrons. The molecule has 20 heavy (non-hydrogen) atoms. The van der Waals surface area contributed by atoms with Crippen molar-refractivity contribution in [2.24, 2.45) is 7.05 Å². The lowest BCUT2D eigenvalue weighted by molar-refractivity contribution is 0.101. The molecule has 0 saturated carbocycles. The number of phenolic OH excluding ortho intramolecular Hbond substituents is 1. The zero-order valence-electron chi connectivity index (χ0n) is 12.2. The molecule has 5 nitrogen and oxygen atoms in total. The van der Waals surface area contributed by atoms with Crippen LogP contribution in [-0.2, 0) is 13.5 Å². The lowest BCUT2D eigenvalue weighted by atomic mass is 10.1. The van der Waals surface area contributed by atoms with E-state index in [4.69, 9.17) is 0 Å². The second-order valence-electron chi connectivity index (χ2n) is 4.91. The van der Waals surface area contributed by atoms with E-state index in [1.165, 1.54) is 0 Å². The number of phenols is 1. The van der Waals surface area contributed by atoms with Gasteiger partial charge in [0.25, 0.3) is 5.91 Å². The van der Waals surface area contributed by atoms with Gasteiger partial charge in [-0.05, 0) is 49.6 Å². The third kappa shape index (κ3) is 2.66. The standard InChI is InChI=1S/C15H19N3O2/c1-5-11-8-13(18(4)17-11)15(20)16-12-6-10(3)14(19)7-9(12)2/h6-8,19H,5H2,1-4H3,(H,16,20). The summed E-state index contributed by atoms with van der Waals surface area (Å²) in [6.07, 6.45) is 0.790. The summed E-state index contributed by atoms with van der Waals surface area (Å²) in [6.45, 7) is 5.64. The molecule has 2 N–H and O–H groups in total. The Morgan fingerprint density at radius 2 is 2.00 bits per heavy atom. The number of hydrogen-bond acceptors (Lipinski definition) is 3. The van der Waals surface area contributed by atoms with Crippen molar-refractivity contribution in [3.63, 3.8) is 0 Å². The van der Waals surface area contributed by atoms with Crippen LogP contribution in [0, 0.1) is 13.8 Å². The lowest BCUT2D eigenvalue weighted by Gasteiger charge is -2.10. The molecule has 2 rings (SSSR count). The average molecular weight is 273 g/mol. The summed E-state index contributed by atoms with van der Waals surface area (Å²) >= 11 is 0. The fraction of sp³-hybridized carbons (Fsp3) is 0.333. The molecule has 1 amide bonds. The second-order valence-corrected chi connectivity index (χ2v) is 4.91. The molecule has 0 saturated heterocycles. The largest absolute Gasteiger partial charge is 0.508 e.